The molecular formula is C6H18GeSi2Te2. The van der Waals surface area contributed by atoms with Gasteiger partial charge in [0.2, 0.25) is 0 Å². The molecule has 0 aromatic rings. The van der Waals surface area contributed by atoms with Crippen LogP contribution in [0.25, 0.3) is 0 Å². The van der Waals surface area contributed by atoms with Gasteiger partial charge in [0.1, 0.15) is 0 Å². The average Bonchev–Trinajstić information content (AvgIpc) is 1.60. The van der Waals surface area contributed by atoms with Crippen LogP contribution in [0, 0.1) is 0 Å². The molecule has 5 heteroatoms. The molecule has 0 fully saturated rings. The molecule has 66 valence electrons. The second kappa shape index (κ2) is 6.93. The molecule has 0 unspecified atom stereocenters. The van der Waals surface area contributed by atoms with Crippen LogP contribution in [-0.4, -0.2) is 68.7 Å². The molecule has 0 aliphatic carbocycles. The van der Waals surface area contributed by atoms with Crippen molar-refractivity contribution >= 4 is 68.7 Å². The van der Waals surface area contributed by atoms with Crippen LogP contribution in [0.4, 0.5) is 0 Å². The normalized spacial score (nSPS) is 12.0. The Kier molecular flexibility index (Phi) is 10.1. The summed E-state index contributed by atoms with van der Waals surface area (Å²) < 4.78 is 0. The summed E-state index contributed by atoms with van der Waals surface area (Å²) in [5.41, 5.74) is 0. The standard InChI is InChI=1S/C4H12Si2Te2.C2H6Ge/c1-5(2,7)6(3,4)8;1-3-2/h1-4H3;1-2H3. The Morgan fingerprint density at radius 1 is 0.818 bits per heavy atom. The SMILES string of the molecule is C[Si](C)([Te])[Si](C)(C)[Te].[CH3][Ge][CH3]. The van der Waals surface area contributed by atoms with Crippen molar-refractivity contribution in [2.75, 3.05) is 0 Å². The van der Waals surface area contributed by atoms with Gasteiger partial charge >= 0.3 is 106 Å². The molecule has 0 aromatic carbocycles. The first kappa shape index (κ1) is 16.0. The molecule has 0 aromatic heterocycles. The minimum atomic E-state index is -0.705. The van der Waals surface area contributed by atoms with Crippen molar-refractivity contribution in [3.8, 4) is 0 Å². The van der Waals surface area contributed by atoms with Gasteiger partial charge in [-0.15, -0.1) is 0 Å². The molecule has 0 amide bonds. The van der Waals surface area contributed by atoms with E-state index in [-0.39, 0.29) is 0 Å². The minimum absolute atomic E-state index is 0.500. The van der Waals surface area contributed by atoms with Crippen LogP contribution in [0.5, 0.6) is 0 Å². The average molecular weight is 474 g/mol. The first-order valence-corrected chi connectivity index (χ1v) is 21.7. The number of rotatable bonds is 1. The van der Waals surface area contributed by atoms with Crippen LogP contribution < -0.4 is 0 Å². The van der Waals surface area contributed by atoms with Crippen LogP contribution in [0.2, 0.25) is 37.7 Å². The molecule has 0 nitrogen and oxygen atoms in total. The summed E-state index contributed by atoms with van der Waals surface area (Å²) in [5.74, 6) is 4.50. The maximum atomic E-state index is 2.48. The van der Waals surface area contributed by atoms with Gasteiger partial charge < -0.3 is 0 Å². The fourth-order valence-electron chi connectivity index (χ4n) is 0. The van der Waals surface area contributed by atoms with E-state index < -0.39 is 10.3 Å². The first-order chi connectivity index (χ1) is 4.66. The third-order valence-corrected chi connectivity index (χ3v) is 50.5. The van der Waals surface area contributed by atoms with Crippen LogP contribution in [0.1, 0.15) is 0 Å². The first-order valence-electron chi connectivity index (χ1n) is 3.66. The van der Waals surface area contributed by atoms with Crippen molar-refractivity contribution in [2.45, 2.75) is 37.7 Å². The van der Waals surface area contributed by atoms with Gasteiger partial charge in [-0.25, -0.2) is 0 Å². The van der Waals surface area contributed by atoms with Gasteiger partial charge in [0.15, 0.2) is 0 Å². The second-order valence-electron chi connectivity index (χ2n) is 3.52. The zero-order chi connectivity index (χ0) is 9.71. The van der Waals surface area contributed by atoms with Crippen molar-refractivity contribution < 1.29 is 0 Å². The summed E-state index contributed by atoms with van der Waals surface area (Å²) in [6, 6.07) is 0. The molecule has 0 atom stereocenters. The molecule has 0 saturated heterocycles. The van der Waals surface area contributed by atoms with Crippen LogP contribution in [0.3, 0.4) is 0 Å². The molecule has 4 radical (unpaired) electrons. The molecule has 0 saturated carbocycles. The zero-order valence-corrected chi connectivity index (χ0v) is 17.1. The van der Waals surface area contributed by atoms with Crippen molar-refractivity contribution in [1.29, 1.82) is 0 Å². The quantitative estimate of drug-likeness (QED) is 0.507. The van der Waals surface area contributed by atoms with Gasteiger partial charge in [0, 0.05) is 0 Å². The Labute approximate surface area is 105 Å². The Balaban J connectivity index is 0. The number of hydrogen-bond acceptors (Lipinski definition) is 0. The molecule has 0 bridgehead atoms. The van der Waals surface area contributed by atoms with Gasteiger partial charge in [0.05, 0.1) is 0 Å². The number of hydrogen-bond donors (Lipinski definition) is 0. The van der Waals surface area contributed by atoms with Crippen molar-refractivity contribution in [3.05, 3.63) is 0 Å². The Bertz CT molecular complexity index is 83.7. The summed E-state index contributed by atoms with van der Waals surface area (Å²) >= 11 is 5.31. The van der Waals surface area contributed by atoms with Crippen LogP contribution in [0.15, 0.2) is 0 Å². The Morgan fingerprint density at radius 2 is 0.909 bits per heavy atom. The zero-order valence-electron chi connectivity index (χ0n) is 8.32. The van der Waals surface area contributed by atoms with Crippen molar-refractivity contribution in [2.24, 2.45) is 0 Å². The molecule has 0 aliphatic heterocycles. The van der Waals surface area contributed by atoms with Gasteiger partial charge in [-0.2, -0.15) is 0 Å². The third-order valence-electron chi connectivity index (χ3n) is 1.45. The van der Waals surface area contributed by atoms with E-state index in [1.165, 1.54) is 0 Å². The van der Waals surface area contributed by atoms with Gasteiger partial charge in [0.25, 0.3) is 0 Å². The predicted molar refractivity (Wildman–Crippen MR) is 64.0 cm³/mol. The van der Waals surface area contributed by atoms with Crippen molar-refractivity contribution in [1.82, 2.24) is 0 Å². The Morgan fingerprint density at radius 3 is 0.909 bits per heavy atom. The monoisotopic (exact) mass is 480 g/mol. The van der Waals surface area contributed by atoms with E-state index in [4.69, 9.17) is 0 Å². The second-order valence-corrected chi connectivity index (χ2v) is 43.4. The summed E-state index contributed by atoms with van der Waals surface area (Å²) in [4.78, 5) is 0. The molecular weight excluding hydrogens is 456 g/mol. The van der Waals surface area contributed by atoms with Crippen LogP contribution in [-0.2, 0) is 0 Å². The molecule has 11 heavy (non-hydrogen) atoms. The molecule has 0 heterocycles. The summed E-state index contributed by atoms with van der Waals surface area (Å²) in [5, 5.41) is -1.41. The van der Waals surface area contributed by atoms with E-state index in [1.54, 1.807) is 0 Å². The fourth-order valence-corrected chi connectivity index (χ4v) is 0. The molecule has 0 rings (SSSR count). The van der Waals surface area contributed by atoms with Crippen LogP contribution >= 0.6 is 0 Å². The molecule has 0 N–H and O–H groups in total. The summed E-state index contributed by atoms with van der Waals surface area (Å²) in [7, 11) is 0. The van der Waals surface area contributed by atoms with E-state index in [2.05, 4.69) is 80.7 Å². The summed E-state index contributed by atoms with van der Waals surface area (Å²) in [6.45, 7) is 9.91. The van der Waals surface area contributed by atoms with Gasteiger partial charge in [-0.3, -0.25) is 0 Å². The van der Waals surface area contributed by atoms with Gasteiger partial charge in [-0.05, 0) is 0 Å². The van der Waals surface area contributed by atoms with E-state index in [1.807, 2.05) is 0 Å². The maximum absolute atomic E-state index is 2.48. The van der Waals surface area contributed by atoms with E-state index >= 15 is 0 Å². The van der Waals surface area contributed by atoms with E-state index in [0.717, 1.165) is 0 Å². The molecule has 0 spiro atoms. The van der Waals surface area contributed by atoms with Crippen molar-refractivity contribution in [3.63, 3.8) is 0 Å². The fraction of sp³-hybridized carbons (Fsp3) is 1.00. The van der Waals surface area contributed by atoms with E-state index in [9.17, 15) is 0 Å². The molecule has 0 aliphatic rings. The Hall–Kier alpha value is 2.56. The van der Waals surface area contributed by atoms with E-state index in [0.29, 0.717) is 15.4 Å². The third kappa shape index (κ3) is 10.5. The summed E-state index contributed by atoms with van der Waals surface area (Å²) in [6.07, 6.45) is 0. The predicted octanol–water partition coefficient (Wildman–Crippen LogP) is 1.60. The topological polar surface area (TPSA) is 0 Å². The van der Waals surface area contributed by atoms with Gasteiger partial charge in [-0.1, -0.05) is 0 Å².